The number of rotatable bonds is 2. The van der Waals surface area contributed by atoms with Crippen LogP contribution in [0.4, 0.5) is 0 Å². The molecule has 5 nitrogen and oxygen atoms in total. The molecule has 1 heterocycles. The van der Waals surface area contributed by atoms with E-state index in [1.165, 1.54) is 13.2 Å². The van der Waals surface area contributed by atoms with Crippen molar-refractivity contribution in [3.05, 3.63) is 29.5 Å². The van der Waals surface area contributed by atoms with Crippen molar-refractivity contribution in [2.24, 2.45) is 0 Å². The van der Waals surface area contributed by atoms with E-state index < -0.39 is 0 Å². The van der Waals surface area contributed by atoms with E-state index in [4.69, 9.17) is 4.74 Å². The van der Waals surface area contributed by atoms with Crippen molar-refractivity contribution in [2.75, 3.05) is 7.11 Å². The molecular weight excluding hydrogens is 228 g/mol. The lowest BCUT2D eigenvalue weighted by atomic mass is 10.1. The van der Waals surface area contributed by atoms with Gasteiger partial charge >= 0.3 is 0 Å². The number of ether oxygens (including phenoxy) is 1. The standard InChI is InChI=1S/C10H10N2O3S/c1-15-9-5-6(2-3-8(9)13)4-7-10(14)12-16-11-7/h2-5,11,13H,1H3,(H,12,14). The summed E-state index contributed by atoms with van der Waals surface area (Å²) in [5.74, 6) is 0.278. The van der Waals surface area contributed by atoms with Crippen LogP contribution in [0.25, 0.3) is 6.08 Å². The molecule has 1 aliphatic heterocycles. The number of hydrogen-bond donors (Lipinski definition) is 3. The molecule has 0 radical (unpaired) electrons. The molecule has 3 N–H and O–H groups in total. The molecule has 0 atom stereocenters. The lowest BCUT2D eigenvalue weighted by Crippen LogP contribution is -2.09. The third kappa shape index (κ3) is 2.06. The van der Waals surface area contributed by atoms with Crippen LogP contribution in [0.1, 0.15) is 5.56 Å². The third-order valence-electron chi connectivity index (χ3n) is 2.06. The van der Waals surface area contributed by atoms with Crippen molar-refractivity contribution in [1.29, 1.82) is 0 Å². The van der Waals surface area contributed by atoms with Crippen LogP contribution in [0.15, 0.2) is 23.9 Å². The Labute approximate surface area is 96.8 Å². The maximum atomic E-state index is 11.3. The van der Waals surface area contributed by atoms with Gasteiger partial charge in [0.1, 0.15) is 5.70 Å². The van der Waals surface area contributed by atoms with Crippen molar-refractivity contribution >= 4 is 24.1 Å². The van der Waals surface area contributed by atoms with E-state index in [9.17, 15) is 9.90 Å². The number of hydrogen-bond acceptors (Lipinski definition) is 5. The van der Waals surface area contributed by atoms with Crippen molar-refractivity contribution in [1.82, 2.24) is 9.44 Å². The molecule has 0 unspecified atom stereocenters. The smallest absolute Gasteiger partial charge is 0.279 e. The molecular formula is C10H10N2O3S. The molecule has 0 aromatic heterocycles. The van der Waals surface area contributed by atoms with Crippen LogP contribution in [0.3, 0.4) is 0 Å². The van der Waals surface area contributed by atoms with Crippen LogP contribution in [0, 0.1) is 0 Å². The molecule has 1 aromatic rings. The number of carbonyl (C=O) groups is 1. The molecule has 0 spiro atoms. The minimum atomic E-state index is -0.169. The number of amides is 1. The van der Waals surface area contributed by atoms with Crippen LogP contribution in [0.2, 0.25) is 0 Å². The van der Waals surface area contributed by atoms with Crippen molar-refractivity contribution in [3.8, 4) is 11.5 Å². The van der Waals surface area contributed by atoms with Gasteiger partial charge in [0.05, 0.1) is 19.2 Å². The topological polar surface area (TPSA) is 70.6 Å². The molecule has 1 fully saturated rings. The van der Waals surface area contributed by atoms with Crippen LogP contribution < -0.4 is 14.2 Å². The maximum absolute atomic E-state index is 11.3. The summed E-state index contributed by atoms with van der Waals surface area (Å²) in [6, 6.07) is 4.87. The maximum Gasteiger partial charge on any atom is 0.279 e. The zero-order chi connectivity index (χ0) is 11.5. The molecule has 16 heavy (non-hydrogen) atoms. The van der Waals surface area contributed by atoms with Gasteiger partial charge in [-0.1, -0.05) is 6.07 Å². The van der Waals surface area contributed by atoms with E-state index in [0.29, 0.717) is 11.4 Å². The first kappa shape index (κ1) is 10.7. The number of carbonyl (C=O) groups excluding carboxylic acids is 1. The summed E-state index contributed by atoms with van der Waals surface area (Å²) in [5.41, 5.74) is 1.24. The zero-order valence-electron chi connectivity index (χ0n) is 8.48. The fraction of sp³-hybridized carbons (Fsp3) is 0.100. The second-order valence-electron chi connectivity index (χ2n) is 3.12. The summed E-state index contributed by atoms with van der Waals surface area (Å²) in [6.45, 7) is 0. The second-order valence-corrected chi connectivity index (χ2v) is 3.74. The molecule has 2 rings (SSSR count). The predicted molar refractivity (Wildman–Crippen MR) is 61.5 cm³/mol. The van der Waals surface area contributed by atoms with E-state index in [-0.39, 0.29) is 11.7 Å². The quantitative estimate of drug-likeness (QED) is 0.530. The summed E-state index contributed by atoms with van der Waals surface area (Å²) < 4.78 is 10.3. The van der Waals surface area contributed by atoms with Crippen molar-refractivity contribution < 1.29 is 14.6 Å². The average Bonchev–Trinajstić information content (AvgIpc) is 2.67. The summed E-state index contributed by atoms with van der Waals surface area (Å²) >= 11 is 1.12. The monoisotopic (exact) mass is 238 g/mol. The number of methoxy groups -OCH3 is 1. The first-order valence-electron chi connectivity index (χ1n) is 4.51. The number of phenolic OH excluding ortho intramolecular Hbond substituents is 1. The first-order valence-corrected chi connectivity index (χ1v) is 5.33. The van der Waals surface area contributed by atoms with Crippen LogP contribution >= 0.6 is 12.1 Å². The summed E-state index contributed by atoms with van der Waals surface area (Å²) in [5, 5.41) is 9.40. The van der Waals surface area contributed by atoms with Gasteiger partial charge in [-0.25, -0.2) is 0 Å². The SMILES string of the molecule is COc1cc(C=C2NSNC2=O)ccc1O. The van der Waals surface area contributed by atoms with Crippen LogP contribution in [-0.2, 0) is 4.79 Å². The molecule has 1 aliphatic rings. The molecule has 1 aromatic carbocycles. The minimum absolute atomic E-state index is 0.0721. The molecule has 0 saturated carbocycles. The Morgan fingerprint density at radius 1 is 1.44 bits per heavy atom. The molecule has 0 aliphatic carbocycles. The highest BCUT2D eigenvalue weighted by atomic mass is 32.2. The van der Waals surface area contributed by atoms with Crippen molar-refractivity contribution in [2.45, 2.75) is 0 Å². The Balaban J connectivity index is 2.31. The Hall–Kier alpha value is -1.82. The van der Waals surface area contributed by atoms with Gasteiger partial charge in [-0.05, 0) is 23.8 Å². The van der Waals surface area contributed by atoms with Gasteiger partial charge in [0.2, 0.25) is 0 Å². The van der Waals surface area contributed by atoms with Gasteiger partial charge < -0.3 is 14.6 Å². The lowest BCUT2D eigenvalue weighted by Gasteiger charge is -2.04. The van der Waals surface area contributed by atoms with Crippen LogP contribution in [-0.4, -0.2) is 18.1 Å². The minimum Gasteiger partial charge on any atom is -0.504 e. The van der Waals surface area contributed by atoms with Gasteiger partial charge in [0.25, 0.3) is 5.91 Å². The summed E-state index contributed by atoms with van der Waals surface area (Å²) in [7, 11) is 1.47. The molecule has 84 valence electrons. The van der Waals surface area contributed by atoms with Crippen LogP contribution in [0.5, 0.6) is 11.5 Å². The Morgan fingerprint density at radius 3 is 2.88 bits per heavy atom. The predicted octanol–water partition coefficient (Wildman–Crippen LogP) is 1.02. The first-order chi connectivity index (χ1) is 7.70. The largest absolute Gasteiger partial charge is 0.504 e. The number of nitrogens with one attached hydrogen (secondary N) is 2. The van der Waals surface area contributed by atoms with E-state index in [0.717, 1.165) is 17.7 Å². The molecule has 0 bridgehead atoms. The third-order valence-corrected chi connectivity index (χ3v) is 2.67. The zero-order valence-corrected chi connectivity index (χ0v) is 9.30. The Kier molecular flexibility index (Phi) is 2.91. The molecule has 6 heteroatoms. The number of phenols is 1. The lowest BCUT2D eigenvalue weighted by molar-refractivity contribution is -0.115. The Bertz CT molecular complexity index is 459. The highest BCUT2D eigenvalue weighted by molar-refractivity contribution is 7.96. The summed E-state index contributed by atoms with van der Waals surface area (Å²) in [6.07, 6.45) is 1.68. The fourth-order valence-corrected chi connectivity index (χ4v) is 1.79. The van der Waals surface area contributed by atoms with Crippen molar-refractivity contribution in [3.63, 3.8) is 0 Å². The van der Waals surface area contributed by atoms with Gasteiger partial charge in [0.15, 0.2) is 11.5 Å². The highest BCUT2D eigenvalue weighted by Gasteiger charge is 2.16. The average molecular weight is 238 g/mol. The highest BCUT2D eigenvalue weighted by Crippen LogP contribution is 2.27. The fourth-order valence-electron chi connectivity index (χ4n) is 1.27. The van der Waals surface area contributed by atoms with Gasteiger partial charge in [-0.2, -0.15) is 0 Å². The Morgan fingerprint density at radius 2 is 2.25 bits per heavy atom. The van der Waals surface area contributed by atoms with E-state index >= 15 is 0 Å². The van der Waals surface area contributed by atoms with Gasteiger partial charge in [-0.3, -0.25) is 9.52 Å². The number of aromatic hydroxyl groups is 1. The molecule has 1 amide bonds. The van der Waals surface area contributed by atoms with E-state index in [2.05, 4.69) is 9.44 Å². The van der Waals surface area contributed by atoms with E-state index in [1.54, 1.807) is 18.2 Å². The molecule has 1 saturated heterocycles. The van der Waals surface area contributed by atoms with Gasteiger partial charge in [0, 0.05) is 0 Å². The van der Waals surface area contributed by atoms with Gasteiger partial charge in [-0.15, -0.1) is 0 Å². The normalized spacial score (nSPS) is 17.1. The number of benzene rings is 1. The summed E-state index contributed by atoms with van der Waals surface area (Å²) in [4.78, 5) is 11.3. The second kappa shape index (κ2) is 4.36. The van der Waals surface area contributed by atoms with E-state index in [1.807, 2.05) is 0 Å².